The number of alkyl halides is 1. The summed E-state index contributed by atoms with van der Waals surface area (Å²) in [5, 5.41) is -0.249. The Balaban J connectivity index is 2.46. The molecule has 1 amide bonds. The van der Waals surface area contributed by atoms with Crippen LogP contribution in [0, 0.1) is 0 Å². The highest BCUT2D eigenvalue weighted by atomic mass is 79.9. The van der Waals surface area contributed by atoms with E-state index in [2.05, 4.69) is 20.9 Å². The summed E-state index contributed by atoms with van der Waals surface area (Å²) in [5.74, 6) is 0.811. The first kappa shape index (κ1) is 16.3. The fourth-order valence-corrected chi connectivity index (χ4v) is 2.92. The lowest BCUT2D eigenvalue weighted by Gasteiger charge is -2.20. The van der Waals surface area contributed by atoms with Crippen molar-refractivity contribution < 1.29 is 4.79 Å². The summed E-state index contributed by atoms with van der Waals surface area (Å²) in [5.41, 5.74) is 1.78. The molecule has 0 aliphatic carbocycles. The Morgan fingerprint density at radius 1 is 1.43 bits per heavy atom. The number of fused-ring (bicyclic) bond motifs is 1. The van der Waals surface area contributed by atoms with E-state index in [1.54, 1.807) is 0 Å². The lowest BCUT2D eigenvalue weighted by molar-refractivity contribution is -0.131. The van der Waals surface area contributed by atoms with Gasteiger partial charge in [-0.2, -0.15) is 0 Å². The molecule has 1 aromatic carbocycles. The van der Waals surface area contributed by atoms with Crippen molar-refractivity contribution in [2.45, 2.75) is 32.7 Å². The van der Waals surface area contributed by atoms with Gasteiger partial charge in [0.05, 0.1) is 16.4 Å². The fraction of sp³-hybridized carbons (Fsp3) is 0.467. The lowest BCUT2D eigenvalue weighted by Crippen LogP contribution is -2.33. The molecule has 0 fully saturated rings. The Morgan fingerprint density at radius 2 is 2.10 bits per heavy atom. The molecule has 1 heterocycles. The first-order valence-electron chi connectivity index (χ1n) is 7.05. The molecule has 1 atom stereocenters. The van der Waals surface area contributed by atoms with Crippen LogP contribution >= 0.6 is 27.5 Å². The van der Waals surface area contributed by atoms with Crippen LogP contribution in [0.1, 0.15) is 32.0 Å². The number of rotatable bonds is 5. The van der Waals surface area contributed by atoms with Gasteiger partial charge < -0.3 is 9.47 Å². The van der Waals surface area contributed by atoms with Crippen LogP contribution < -0.4 is 0 Å². The number of amides is 1. The second-order valence-electron chi connectivity index (χ2n) is 4.87. The van der Waals surface area contributed by atoms with Crippen molar-refractivity contribution in [2.75, 3.05) is 13.1 Å². The quantitative estimate of drug-likeness (QED) is 0.745. The van der Waals surface area contributed by atoms with Crippen LogP contribution in [0.2, 0.25) is 0 Å². The van der Waals surface area contributed by atoms with E-state index in [0.717, 1.165) is 21.3 Å². The Hall–Kier alpha value is -1.07. The second-order valence-corrected chi connectivity index (χ2v) is 6.44. The van der Waals surface area contributed by atoms with E-state index in [9.17, 15) is 4.79 Å². The van der Waals surface area contributed by atoms with E-state index in [1.165, 1.54) is 0 Å². The van der Waals surface area contributed by atoms with Crippen LogP contribution in [-0.2, 0) is 11.3 Å². The summed E-state index contributed by atoms with van der Waals surface area (Å²) < 4.78 is 2.88. The number of hydrogen-bond acceptors (Lipinski definition) is 2. The molecular weight excluding hydrogens is 354 g/mol. The third-order valence-corrected chi connectivity index (χ3v) is 4.19. The number of halogens is 2. The Morgan fingerprint density at radius 3 is 2.67 bits per heavy atom. The number of carbonyl (C=O) groups excluding carboxylic acids is 1. The summed E-state index contributed by atoms with van der Waals surface area (Å²) >= 11 is 9.67. The second kappa shape index (κ2) is 6.79. The van der Waals surface area contributed by atoms with E-state index in [-0.39, 0.29) is 17.8 Å². The highest BCUT2D eigenvalue weighted by molar-refractivity contribution is 9.10. The van der Waals surface area contributed by atoms with Crippen LogP contribution in [0.25, 0.3) is 11.0 Å². The van der Waals surface area contributed by atoms with Crippen molar-refractivity contribution in [3.8, 4) is 0 Å². The molecule has 1 unspecified atom stereocenters. The van der Waals surface area contributed by atoms with E-state index in [1.807, 2.05) is 48.4 Å². The third kappa shape index (κ3) is 3.40. The van der Waals surface area contributed by atoms with Gasteiger partial charge in [-0.3, -0.25) is 4.79 Å². The molecule has 0 bridgehead atoms. The van der Waals surface area contributed by atoms with Gasteiger partial charge in [-0.25, -0.2) is 4.98 Å². The Bertz CT molecular complexity index is 650. The maximum absolute atomic E-state index is 12.4. The monoisotopic (exact) mass is 371 g/mol. The zero-order valence-corrected chi connectivity index (χ0v) is 14.8. The molecule has 114 valence electrons. The van der Waals surface area contributed by atoms with E-state index < -0.39 is 0 Å². The smallest absolute Gasteiger partial charge is 0.242 e. The normalized spacial score (nSPS) is 12.6. The summed E-state index contributed by atoms with van der Waals surface area (Å²) in [7, 11) is 0. The van der Waals surface area contributed by atoms with Crippen molar-refractivity contribution in [2.24, 2.45) is 0 Å². The number of carbonyl (C=O) groups is 1. The fourth-order valence-electron chi connectivity index (χ4n) is 2.40. The van der Waals surface area contributed by atoms with E-state index >= 15 is 0 Å². The molecule has 2 aromatic rings. The minimum atomic E-state index is -0.249. The number of hydrogen-bond donors (Lipinski definition) is 0. The Kier molecular flexibility index (Phi) is 5.27. The van der Waals surface area contributed by atoms with Gasteiger partial charge in [-0.05, 0) is 39.0 Å². The summed E-state index contributed by atoms with van der Waals surface area (Å²) in [4.78, 5) is 18.8. The zero-order chi connectivity index (χ0) is 15.6. The Labute approximate surface area is 138 Å². The predicted molar refractivity (Wildman–Crippen MR) is 89.6 cm³/mol. The molecule has 2 rings (SSSR count). The maximum atomic E-state index is 12.4. The lowest BCUT2D eigenvalue weighted by atomic mass is 10.3. The van der Waals surface area contributed by atoms with Crippen molar-refractivity contribution in [1.82, 2.24) is 14.5 Å². The minimum Gasteiger partial charge on any atom is -0.342 e. The predicted octanol–water partition coefficient (Wildman–Crippen LogP) is 3.97. The van der Waals surface area contributed by atoms with Gasteiger partial charge in [-0.1, -0.05) is 15.9 Å². The number of likely N-dealkylation sites (N-methyl/N-ethyl adjacent to an activating group) is 1. The van der Waals surface area contributed by atoms with E-state index in [0.29, 0.717) is 13.1 Å². The van der Waals surface area contributed by atoms with E-state index in [4.69, 9.17) is 11.6 Å². The number of nitrogens with zero attached hydrogens (tertiary/aromatic N) is 3. The van der Waals surface area contributed by atoms with Gasteiger partial charge in [0.1, 0.15) is 12.4 Å². The average molecular weight is 373 g/mol. The van der Waals surface area contributed by atoms with Crippen LogP contribution in [0.15, 0.2) is 22.7 Å². The van der Waals surface area contributed by atoms with Crippen LogP contribution in [0.5, 0.6) is 0 Å². The molecule has 4 nitrogen and oxygen atoms in total. The van der Waals surface area contributed by atoms with Gasteiger partial charge in [0, 0.05) is 17.6 Å². The summed E-state index contributed by atoms with van der Waals surface area (Å²) in [6.07, 6.45) is 0. The molecular formula is C15H19BrClN3O. The molecule has 0 spiro atoms. The highest BCUT2D eigenvalue weighted by Gasteiger charge is 2.19. The summed E-state index contributed by atoms with van der Waals surface area (Å²) in [6, 6.07) is 5.85. The molecule has 0 aliphatic heterocycles. The van der Waals surface area contributed by atoms with Gasteiger partial charge in [0.25, 0.3) is 0 Å². The molecule has 0 radical (unpaired) electrons. The highest BCUT2D eigenvalue weighted by Crippen LogP contribution is 2.26. The maximum Gasteiger partial charge on any atom is 0.242 e. The molecule has 0 saturated carbocycles. The standard InChI is InChI=1S/C15H19BrClN3O/c1-4-19(5-2)14(21)9-20-13-7-6-11(16)8-12(13)18-15(20)10(3)17/h6-8,10H,4-5,9H2,1-3H3. The van der Waals surface area contributed by atoms with Crippen LogP contribution in [-0.4, -0.2) is 33.4 Å². The van der Waals surface area contributed by atoms with Crippen LogP contribution in [0.3, 0.4) is 0 Å². The average Bonchev–Trinajstić information content (AvgIpc) is 2.78. The number of imidazole rings is 1. The van der Waals surface area contributed by atoms with Crippen molar-refractivity contribution >= 4 is 44.5 Å². The van der Waals surface area contributed by atoms with Gasteiger partial charge >= 0.3 is 0 Å². The minimum absolute atomic E-state index is 0.0841. The number of benzene rings is 1. The topological polar surface area (TPSA) is 38.1 Å². The first-order chi connectivity index (χ1) is 9.97. The van der Waals surface area contributed by atoms with Gasteiger partial charge in [-0.15, -0.1) is 11.6 Å². The van der Waals surface area contributed by atoms with Gasteiger partial charge in [0.15, 0.2) is 0 Å². The molecule has 0 aliphatic rings. The van der Waals surface area contributed by atoms with Crippen molar-refractivity contribution in [3.63, 3.8) is 0 Å². The molecule has 1 aromatic heterocycles. The van der Waals surface area contributed by atoms with Crippen LogP contribution in [0.4, 0.5) is 0 Å². The SMILES string of the molecule is CCN(CC)C(=O)Cn1c(C(C)Cl)nc2cc(Br)ccc21. The zero-order valence-electron chi connectivity index (χ0n) is 12.4. The third-order valence-electron chi connectivity index (χ3n) is 3.51. The summed E-state index contributed by atoms with van der Waals surface area (Å²) in [6.45, 7) is 7.52. The van der Waals surface area contributed by atoms with Gasteiger partial charge in [0.2, 0.25) is 5.91 Å². The largest absolute Gasteiger partial charge is 0.342 e. The van der Waals surface area contributed by atoms with Crippen molar-refractivity contribution in [3.05, 3.63) is 28.5 Å². The molecule has 6 heteroatoms. The first-order valence-corrected chi connectivity index (χ1v) is 8.28. The molecule has 0 saturated heterocycles. The van der Waals surface area contributed by atoms with Crippen molar-refractivity contribution in [1.29, 1.82) is 0 Å². The molecule has 0 N–H and O–H groups in total. The molecule has 21 heavy (non-hydrogen) atoms. The number of aromatic nitrogens is 2.